The van der Waals surface area contributed by atoms with Gasteiger partial charge in [-0.1, -0.05) is 0 Å². The standard InChI is InChI=1S/C12H6N4O/c1-2-13-5-8-9(1)17-10-3-7-4-14-6-15-12(7)16-11(8)10/h1-6H. The summed E-state index contributed by atoms with van der Waals surface area (Å²) in [5.41, 5.74) is 2.97. The van der Waals surface area contributed by atoms with Gasteiger partial charge in [-0.15, -0.1) is 0 Å². The van der Waals surface area contributed by atoms with Crippen molar-refractivity contribution >= 4 is 33.1 Å². The van der Waals surface area contributed by atoms with Gasteiger partial charge in [0, 0.05) is 24.0 Å². The fraction of sp³-hybridized carbons (Fsp3) is 0. The predicted molar refractivity (Wildman–Crippen MR) is 62.4 cm³/mol. The first-order valence-corrected chi connectivity index (χ1v) is 5.15. The quantitative estimate of drug-likeness (QED) is 0.456. The summed E-state index contributed by atoms with van der Waals surface area (Å²) in [6.07, 6.45) is 6.66. The number of rotatable bonds is 0. The van der Waals surface area contributed by atoms with Crippen molar-refractivity contribution in [2.45, 2.75) is 0 Å². The molecule has 0 unspecified atom stereocenters. The Bertz CT molecular complexity index is 847. The number of pyridine rings is 2. The van der Waals surface area contributed by atoms with Crippen molar-refractivity contribution in [3.8, 4) is 0 Å². The second-order valence-corrected chi connectivity index (χ2v) is 3.74. The fourth-order valence-electron chi connectivity index (χ4n) is 1.94. The fourth-order valence-corrected chi connectivity index (χ4v) is 1.94. The zero-order valence-corrected chi connectivity index (χ0v) is 8.66. The lowest BCUT2D eigenvalue weighted by Gasteiger charge is -1.94. The summed E-state index contributed by atoms with van der Waals surface area (Å²) in [7, 11) is 0. The molecule has 0 N–H and O–H groups in total. The van der Waals surface area contributed by atoms with Gasteiger partial charge in [0.2, 0.25) is 0 Å². The van der Waals surface area contributed by atoms with Crippen LogP contribution in [0.15, 0.2) is 41.5 Å². The Morgan fingerprint density at radius 3 is 3.06 bits per heavy atom. The maximum absolute atomic E-state index is 5.70. The molecule has 4 heterocycles. The first-order chi connectivity index (χ1) is 8.42. The van der Waals surface area contributed by atoms with E-state index in [4.69, 9.17) is 4.42 Å². The Hall–Kier alpha value is -2.56. The van der Waals surface area contributed by atoms with Gasteiger partial charge in [-0.3, -0.25) is 4.98 Å². The lowest BCUT2D eigenvalue weighted by atomic mass is 10.2. The van der Waals surface area contributed by atoms with Crippen molar-refractivity contribution in [1.82, 2.24) is 19.9 Å². The molecule has 4 rings (SSSR count). The SMILES string of the molecule is c1cc2oc3cc4cncnc4nc3c2cn1. The molecule has 0 bridgehead atoms. The molecule has 0 aliphatic carbocycles. The molecule has 17 heavy (non-hydrogen) atoms. The highest BCUT2D eigenvalue weighted by Gasteiger charge is 2.09. The van der Waals surface area contributed by atoms with Crippen LogP contribution >= 0.6 is 0 Å². The molecule has 0 aromatic carbocycles. The summed E-state index contributed by atoms with van der Waals surface area (Å²) >= 11 is 0. The van der Waals surface area contributed by atoms with E-state index in [1.165, 1.54) is 6.33 Å². The topological polar surface area (TPSA) is 64.7 Å². The number of fused-ring (bicyclic) bond motifs is 4. The zero-order valence-electron chi connectivity index (χ0n) is 8.66. The monoisotopic (exact) mass is 222 g/mol. The summed E-state index contributed by atoms with van der Waals surface area (Å²) in [5.74, 6) is 0. The van der Waals surface area contributed by atoms with E-state index in [9.17, 15) is 0 Å². The molecular formula is C12H6N4O. The third-order valence-electron chi connectivity index (χ3n) is 2.71. The summed E-state index contributed by atoms with van der Waals surface area (Å²) < 4.78 is 5.70. The average Bonchev–Trinajstić information content (AvgIpc) is 2.73. The van der Waals surface area contributed by atoms with Crippen molar-refractivity contribution in [2.75, 3.05) is 0 Å². The molecule has 4 aromatic rings. The molecular weight excluding hydrogens is 216 g/mol. The van der Waals surface area contributed by atoms with Gasteiger partial charge in [-0.05, 0) is 12.1 Å². The van der Waals surface area contributed by atoms with E-state index in [0.717, 1.165) is 27.5 Å². The third-order valence-corrected chi connectivity index (χ3v) is 2.71. The van der Waals surface area contributed by atoms with Crippen LogP contribution < -0.4 is 0 Å². The van der Waals surface area contributed by atoms with Crippen LogP contribution in [-0.4, -0.2) is 19.9 Å². The normalized spacial score (nSPS) is 11.5. The van der Waals surface area contributed by atoms with Gasteiger partial charge < -0.3 is 4.42 Å². The van der Waals surface area contributed by atoms with Crippen LogP contribution in [0.3, 0.4) is 0 Å². The summed E-state index contributed by atoms with van der Waals surface area (Å²) in [6, 6.07) is 3.73. The van der Waals surface area contributed by atoms with E-state index in [2.05, 4.69) is 19.9 Å². The number of hydrogen-bond donors (Lipinski definition) is 0. The second kappa shape index (κ2) is 2.98. The minimum absolute atomic E-state index is 0.666. The lowest BCUT2D eigenvalue weighted by Crippen LogP contribution is -1.85. The molecule has 0 atom stereocenters. The molecule has 80 valence electrons. The maximum atomic E-state index is 5.70. The highest BCUT2D eigenvalue weighted by molar-refractivity contribution is 6.04. The summed E-state index contributed by atoms with van der Waals surface area (Å²) in [6.45, 7) is 0. The average molecular weight is 222 g/mol. The van der Waals surface area contributed by atoms with Crippen molar-refractivity contribution in [1.29, 1.82) is 0 Å². The number of hydrogen-bond acceptors (Lipinski definition) is 5. The molecule has 0 aliphatic heterocycles. The van der Waals surface area contributed by atoms with Crippen molar-refractivity contribution in [3.63, 3.8) is 0 Å². The molecule has 4 aromatic heterocycles. The Balaban J connectivity index is 2.28. The van der Waals surface area contributed by atoms with Gasteiger partial charge in [0.1, 0.15) is 17.4 Å². The molecule has 0 fully saturated rings. The highest BCUT2D eigenvalue weighted by atomic mass is 16.3. The van der Waals surface area contributed by atoms with Crippen LogP contribution in [0.4, 0.5) is 0 Å². The maximum Gasteiger partial charge on any atom is 0.163 e. The van der Waals surface area contributed by atoms with E-state index < -0.39 is 0 Å². The molecule has 5 heteroatoms. The summed E-state index contributed by atoms with van der Waals surface area (Å²) in [5, 5.41) is 1.77. The lowest BCUT2D eigenvalue weighted by molar-refractivity contribution is 0.668. The van der Waals surface area contributed by atoms with Gasteiger partial charge in [-0.25, -0.2) is 15.0 Å². The molecule has 0 spiro atoms. The Kier molecular flexibility index (Phi) is 1.50. The smallest absolute Gasteiger partial charge is 0.163 e. The molecule has 0 radical (unpaired) electrons. The molecule has 5 nitrogen and oxygen atoms in total. The largest absolute Gasteiger partial charge is 0.454 e. The van der Waals surface area contributed by atoms with Crippen LogP contribution in [0.1, 0.15) is 0 Å². The Morgan fingerprint density at radius 2 is 2.06 bits per heavy atom. The van der Waals surface area contributed by atoms with Crippen molar-refractivity contribution in [3.05, 3.63) is 37.1 Å². The van der Waals surface area contributed by atoms with Crippen LogP contribution in [0.25, 0.3) is 33.1 Å². The molecule has 0 aliphatic rings. The van der Waals surface area contributed by atoms with Gasteiger partial charge >= 0.3 is 0 Å². The van der Waals surface area contributed by atoms with E-state index in [1.54, 1.807) is 18.6 Å². The van der Waals surface area contributed by atoms with Crippen molar-refractivity contribution in [2.24, 2.45) is 0 Å². The Morgan fingerprint density at radius 1 is 1.06 bits per heavy atom. The zero-order chi connectivity index (χ0) is 11.2. The molecule has 0 saturated carbocycles. The van der Waals surface area contributed by atoms with Gasteiger partial charge in [-0.2, -0.15) is 0 Å². The first kappa shape index (κ1) is 8.58. The van der Waals surface area contributed by atoms with Crippen LogP contribution in [0.2, 0.25) is 0 Å². The first-order valence-electron chi connectivity index (χ1n) is 5.15. The van der Waals surface area contributed by atoms with Crippen LogP contribution in [-0.2, 0) is 0 Å². The van der Waals surface area contributed by atoms with E-state index in [0.29, 0.717) is 5.65 Å². The Labute approximate surface area is 95.1 Å². The third kappa shape index (κ3) is 1.13. The van der Waals surface area contributed by atoms with E-state index in [1.807, 2.05) is 12.1 Å². The van der Waals surface area contributed by atoms with Gasteiger partial charge in [0.15, 0.2) is 11.2 Å². The second-order valence-electron chi connectivity index (χ2n) is 3.74. The number of nitrogens with zero attached hydrogens (tertiary/aromatic N) is 4. The van der Waals surface area contributed by atoms with Crippen LogP contribution in [0.5, 0.6) is 0 Å². The minimum atomic E-state index is 0.666. The molecule has 0 amide bonds. The predicted octanol–water partition coefficient (Wildman–Crippen LogP) is 2.32. The minimum Gasteiger partial charge on any atom is -0.454 e. The van der Waals surface area contributed by atoms with E-state index >= 15 is 0 Å². The van der Waals surface area contributed by atoms with Gasteiger partial charge in [0.25, 0.3) is 0 Å². The van der Waals surface area contributed by atoms with Crippen LogP contribution in [0, 0.1) is 0 Å². The van der Waals surface area contributed by atoms with Crippen molar-refractivity contribution < 1.29 is 4.42 Å². The van der Waals surface area contributed by atoms with Gasteiger partial charge in [0.05, 0.1) is 5.39 Å². The number of aromatic nitrogens is 4. The molecule has 0 saturated heterocycles. The summed E-state index contributed by atoms with van der Waals surface area (Å²) in [4.78, 5) is 16.7. The van der Waals surface area contributed by atoms with E-state index in [-0.39, 0.29) is 0 Å². The number of furan rings is 1. The highest BCUT2D eigenvalue weighted by Crippen LogP contribution is 2.27.